The molecule has 28 heavy (non-hydrogen) atoms. The van der Waals surface area contributed by atoms with Crippen molar-refractivity contribution in [2.45, 2.75) is 19.1 Å². The van der Waals surface area contributed by atoms with E-state index in [1.54, 1.807) is 31.2 Å². The number of aromatic nitrogens is 2. The monoisotopic (exact) mass is 397 g/mol. The summed E-state index contributed by atoms with van der Waals surface area (Å²) in [7, 11) is 0. The molecule has 1 aromatic heterocycles. The number of benzene rings is 2. The van der Waals surface area contributed by atoms with E-state index >= 15 is 0 Å². The maximum Gasteiger partial charge on any atom is 0.338 e. The van der Waals surface area contributed by atoms with Crippen LogP contribution in [0.1, 0.15) is 22.8 Å². The summed E-state index contributed by atoms with van der Waals surface area (Å²) in [5, 5.41) is 11.0. The Morgan fingerprint density at radius 1 is 1.14 bits per heavy atom. The number of aryl methyl sites for hydroxylation is 1. The molecule has 1 amide bonds. The summed E-state index contributed by atoms with van der Waals surface area (Å²) in [6.07, 6.45) is 0. The summed E-state index contributed by atoms with van der Waals surface area (Å²) in [5.74, 6) is -0.170. The smallest absolute Gasteiger partial charge is 0.338 e. The zero-order valence-electron chi connectivity index (χ0n) is 15.5. The van der Waals surface area contributed by atoms with Crippen molar-refractivity contribution >= 4 is 29.3 Å². The van der Waals surface area contributed by atoms with Crippen molar-refractivity contribution in [3.05, 3.63) is 59.7 Å². The molecule has 0 fully saturated rings. The lowest BCUT2D eigenvalue weighted by Gasteiger charge is -2.06. The minimum Gasteiger partial charge on any atom is -0.462 e. The summed E-state index contributed by atoms with van der Waals surface area (Å²) in [4.78, 5) is 23.9. The van der Waals surface area contributed by atoms with E-state index in [9.17, 15) is 9.59 Å². The predicted molar refractivity (Wildman–Crippen MR) is 106 cm³/mol. The second kappa shape index (κ2) is 9.18. The van der Waals surface area contributed by atoms with Gasteiger partial charge in [-0.05, 0) is 44.2 Å². The Labute approximate surface area is 166 Å². The van der Waals surface area contributed by atoms with Crippen LogP contribution >= 0.6 is 11.8 Å². The van der Waals surface area contributed by atoms with Gasteiger partial charge >= 0.3 is 5.97 Å². The maximum absolute atomic E-state index is 12.2. The first kappa shape index (κ1) is 19.6. The second-order valence-corrected chi connectivity index (χ2v) is 6.81. The van der Waals surface area contributed by atoms with E-state index in [0.29, 0.717) is 29.0 Å². The third-order valence-electron chi connectivity index (χ3n) is 3.66. The number of ether oxygens (including phenoxy) is 1. The number of nitrogens with one attached hydrogen (secondary N) is 1. The van der Waals surface area contributed by atoms with Crippen LogP contribution in [0.15, 0.2) is 58.2 Å². The van der Waals surface area contributed by atoms with E-state index < -0.39 is 5.97 Å². The normalized spacial score (nSPS) is 10.5. The van der Waals surface area contributed by atoms with Gasteiger partial charge in [-0.3, -0.25) is 4.79 Å². The van der Waals surface area contributed by atoms with Gasteiger partial charge in [0, 0.05) is 11.3 Å². The molecular formula is C20H19N3O4S. The fraction of sp³-hybridized carbons (Fsp3) is 0.200. The number of hydrogen-bond donors (Lipinski definition) is 1. The molecule has 0 bridgehead atoms. The van der Waals surface area contributed by atoms with Gasteiger partial charge < -0.3 is 14.5 Å². The highest BCUT2D eigenvalue weighted by atomic mass is 32.2. The third-order valence-corrected chi connectivity index (χ3v) is 4.47. The van der Waals surface area contributed by atoms with E-state index in [-0.39, 0.29) is 11.7 Å². The quantitative estimate of drug-likeness (QED) is 0.476. The molecule has 0 atom stereocenters. The lowest BCUT2D eigenvalue weighted by molar-refractivity contribution is -0.113. The number of thioether (sulfide) groups is 1. The number of hydrogen-bond acceptors (Lipinski definition) is 7. The van der Waals surface area contributed by atoms with Gasteiger partial charge in [0.05, 0.1) is 17.9 Å². The third kappa shape index (κ3) is 5.20. The van der Waals surface area contributed by atoms with Crippen molar-refractivity contribution in [2.24, 2.45) is 0 Å². The molecule has 7 nitrogen and oxygen atoms in total. The van der Waals surface area contributed by atoms with Gasteiger partial charge in [-0.1, -0.05) is 35.5 Å². The standard InChI is InChI=1S/C20H19N3O4S/c1-3-26-19(25)15-8-5-9-16(11-15)21-17(24)12-28-20-23-22-18(27-20)14-7-4-6-13(2)10-14/h4-11H,3,12H2,1-2H3,(H,21,24). The van der Waals surface area contributed by atoms with E-state index in [0.717, 1.165) is 22.9 Å². The van der Waals surface area contributed by atoms with Crippen molar-refractivity contribution in [3.63, 3.8) is 0 Å². The zero-order valence-corrected chi connectivity index (χ0v) is 16.3. The summed E-state index contributed by atoms with van der Waals surface area (Å²) in [6.45, 7) is 4.01. The summed E-state index contributed by atoms with van der Waals surface area (Å²) in [5.41, 5.74) is 2.82. The van der Waals surface area contributed by atoms with Crippen molar-refractivity contribution < 1.29 is 18.7 Å². The molecule has 0 aliphatic rings. The fourth-order valence-electron chi connectivity index (χ4n) is 2.43. The van der Waals surface area contributed by atoms with Gasteiger partial charge in [0.15, 0.2) is 0 Å². The molecule has 8 heteroatoms. The van der Waals surface area contributed by atoms with Crippen molar-refractivity contribution in [3.8, 4) is 11.5 Å². The molecule has 3 aromatic rings. The Balaban J connectivity index is 1.56. The van der Waals surface area contributed by atoms with E-state index in [1.807, 2.05) is 31.2 Å². The Bertz CT molecular complexity index is 987. The van der Waals surface area contributed by atoms with E-state index in [2.05, 4.69) is 15.5 Å². The average molecular weight is 397 g/mol. The summed E-state index contributed by atoms with van der Waals surface area (Å²) < 4.78 is 10.6. The van der Waals surface area contributed by atoms with Gasteiger partial charge in [-0.2, -0.15) is 0 Å². The van der Waals surface area contributed by atoms with Gasteiger partial charge in [-0.15, -0.1) is 10.2 Å². The van der Waals surface area contributed by atoms with Gasteiger partial charge in [0.2, 0.25) is 11.8 Å². The Morgan fingerprint density at radius 3 is 2.75 bits per heavy atom. The number of esters is 1. The van der Waals surface area contributed by atoms with Crippen LogP contribution < -0.4 is 5.32 Å². The fourth-order valence-corrected chi connectivity index (χ4v) is 2.99. The molecular weight excluding hydrogens is 378 g/mol. The molecule has 0 aliphatic carbocycles. The lowest BCUT2D eigenvalue weighted by atomic mass is 10.1. The number of carbonyl (C=O) groups excluding carboxylic acids is 2. The SMILES string of the molecule is CCOC(=O)c1cccc(NC(=O)CSc2nnc(-c3cccc(C)c3)o2)c1. The Hall–Kier alpha value is -3.13. The van der Waals surface area contributed by atoms with Crippen LogP contribution in [0, 0.1) is 6.92 Å². The average Bonchev–Trinajstić information content (AvgIpc) is 3.16. The number of rotatable bonds is 7. The number of nitrogens with zero attached hydrogens (tertiary/aromatic N) is 2. The molecule has 0 spiro atoms. The highest BCUT2D eigenvalue weighted by molar-refractivity contribution is 7.99. The van der Waals surface area contributed by atoms with Gasteiger partial charge in [-0.25, -0.2) is 4.79 Å². The van der Waals surface area contributed by atoms with Crippen molar-refractivity contribution in [2.75, 3.05) is 17.7 Å². The number of amides is 1. The number of anilines is 1. The topological polar surface area (TPSA) is 94.3 Å². The van der Waals surface area contributed by atoms with E-state index in [1.165, 1.54) is 0 Å². The predicted octanol–water partition coefficient (Wildman–Crippen LogP) is 3.95. The van der Waals surface area contributed by atoms with Crippen molar-refractivity contribution in [1.82, 2.24) is 10.2 Å². The summed E-state index contributed by atoms with van der Waals surface area (Å²) in [6, 6.07) is 14.3. The molecule has 0 saturated carbocycles. The molecule has 0 aliphatic heterocycles. The van der Waals surface area contributed by atoms with Crippen LogP contribution in [-0.2, 0) is 9.53 Å². The maximum atomic E-state index is 12.2. The highest BCUT2D eigenvalue weighted by Crippen LogP contribution is 2.24. The largest absolute Gasteiger partial charge is 0.462 e. The molecule has 0 saturated heterocycles. The van der Waals surface area contributed by atoms with Crippen LogP contribution in [0.25, 0.3) is 11.5 Å². The molecule has 2 aromatic carbocycles. The molecule has 1 N–H and O–H groups in total. The summed E-state index contributed by atoms with van der Waals surface area (Å²) >= 11 is 1.14. The van der Waals surface area contributed by atoms with Crippen LogP contribution in [0.5, 0.6) is 0 Å². The zero-order chi connectivity index (χ0) is 19.9. The van der Waals surface area contributed by atoms with Crippen LogP contribution in [0.2, 0.25) is 0 Å². The second-order valence-electron chi connectivity index (χ2n) is 5.88. The Morgan fingerprint density at radius 2 is 1.96 bits per heavy atom. The van der Waals surface area contributed by atoms with Crippen LogP contribution in [0.4, 0.5) is 5.69 Å². The van der Waals surface area contributed by atoms with E-state index in [4.69, 9.17) is 9.15 Å². The first-order valence-corrected chi connectivity index (χ1v) is 9.64. The molecule has 1 heterocycles. The lowest BCUT2D eigenvalue weighted by Crippen LogP contribution is -2.14. The van der Waals surface area contributed by atoms with Crippen LogP contribution in [0.3, 0.4) is 0 Å². The van der Waals surface area contributed by atoms with Crippen LogP contribution in [-0.4, -0.2) is 34.4 Å². The molecule has 144 valence electrons. The highest BCUT2D eigenvalue weighted by Gasteiger charge is 2.12. The Kier molecular flexibility index (Phi) is 6.44. The first-order valence-electron chi connectivity index (χ1n) is 8.65. The van der Waals surface area contributed by atoms with Crippen molar-refractivity contribution in [1.29, 1.82) is 0 Å². The van der Waals surface area contributed by atoms with Gasteiger partial charge in [0.25, 0.3) is 5.22 Å². The first-order chi connectivity index (χ1) is 13.5. The minimum atomic E-state index is -0.428. The molecule has 0 radical (unpaired) electrons. The van der Waals surface area contributed by atoms with Gasteiger partial charge in [0.1, 0.15) is 0 Å². The number of carbonyl (C=O) groups is 2. The minimum absolute atomic E-state index is 0.0963. The molecule has 3 rings (SSSR count). The molecule has 0 unspecified atom stereocenters.